The fourth-order valence-corrected chi connectivity index (χ4v) is 3.71. The molecule has 1 saturated carbocycles. The second kappa shape index (κ2) is 7.85. The summed E-state index contributed by atoms with van der Waals surface area (Å²) in [5.41, 5.74) is 0. The Morgan fingerprint density at radius 1 is 1.07 bits per heavy atom. The molecule has 2 fully saturated rings. The molecule has 1 amide bonds. The Bertz CT molecular complexity index is 772. The van der Waals surface area contributed by atoms with E-state index in [1.165, 1.54) is 0 Å². The highest BCUT2D eigenvalue weighted by atomic mass is 16.5. The SMILES string of the molecule is O=C1CCC(C(=O)N2CCC(Oc3ccc(-n4cccn4)nn3)CC2)CC1. The molecule has 0 atom stereocenters. The van der Waals surface area contributed by atoms with Gasteiger partial charge in [-0.25, -0.2) is 4.68 Å². The van der Waals surface area contributed by atoms with Gasteiger partial charge in [0.15, 0.2) is 5.82 Å². The van der Waals surface area contributed by atoms with Crippen LogP contribution in [0.3, 0.4) is 0 Å². The lowest BCUT2D eigenvalue weighted by molar-refractivity contribution is -0.139. The number of amides is 1. The Morgan fingerprint density at radius 3 is 2.48 bits per heavy atom. The predicted molar refractivity (Wildman–Crippen MR) is 96.3 cm³/mol. The fourth-order valence-electron chi connectivity index (χ4n) is 3.71. The summed E-state index contributed by atoms with van der Waals surface area (Å²) in [4.78, 5) is 25.9. The van der Waals surface area contributed by atoms with Crippen LogP contribution in [-0.4, -0.2) is 55.8 Å². The van der Waals surface area contributed by atoms with Crippen LogP contribution in [0.1, 0.15) is 38.5 Å². The van der Waals surface area contributed by atoms with Gasteiger partial charge < -0.3 is 9.64 Å². The molecule has 2 aromatic rings. The van der Waals surface area contributed by atoms with Crippen LogP contribution in [0, 0.1) is 5.92 Å². The van der Waals surface area contributed by atoms with Crippen molar-refractivity contribution in [2.24, 2.45) is 5.92 Å². The Kier molecular flexibility index (Phi) is 5.13. The normalized spacial score (nSPS) is 19.3. The molecule has 4 rings (SSSR count). The van der Waals surface area contributed by atoms with E-state index in [4.69, 9.17) is 4.74 Å². The van der Waals surface area contributed by atoms with E-state index in [2.05, 4.69) is 15.3 Å². The monoisotopic (exact) mass is 369 g/mol. The largest absolute Gasteiger partial charge is 0.473 e. The fraction of sp³-hybridized carbons (Fsp3) is 0.526. The summed E-state index contributed by atoms with van der Waals surface area (Å²) in [5, 5.41) is 12.4. The molecule has 2 aliphatic rings. The molecule has 1 aliphatic carbocycles. The third kappa shape index (κ3) is 4.15. The van der Waals surface area contributed by atoms with Crippen molar-refractivity contribution in [1.29, 1.82) is 0 Å². The first-order chi connectivity index (χ1) is 13.2. The Balaban J connectivity index is 1.27. The molecule has 2 aromatic heterocycles. The van der Waals surface area contributed by atoms with Gasteiger partial charge in [0.1, 0.15) is 11.9 Å². The number of piperidine rings is 1. The van der Waals surface area contributed by atoms with Crippen molar-refractivity contribution < 1.29 is 14.3 Å². The van der Waals surface area contributed by atoms with E-state index in [-0.39, 0.29) is 23.7 Å². The Morgan fingerprint density at radius 2 is 1.85 bits per heavy atom. The quantitative estimate of drug-likeness (QED) is 0.816. The number of hydrogen-bond donors (Lipinski definition) is 0. The van der Waals surface area contributed by atoms with E-state index in [1.807, 2.05) is 17.0 Å². The maximum absolute atomic E-state index is 12.6. The van der Waals surface area contributed by atoms with E-state index in [0.717, 1.165) is 12.8 Å². The highest BCUT2D eigenvalue weighted by molar-refractivity contribution is 5.84. The molecule has 8 heteroatoms. The molecule has 1 aliphatic heterocycles. The first-order valence-corrected chi connectivity index (χ1v) is 9.50. The predicted octanol–water partition coefficient (Wildman–Crippen LogP) is 1.79. The molecule has 0 radical (unpaired) electrons. The maximum Gasteiger partial charge on any atom is 0.233 e. The lowest BCUT2D eigenvalue weighted by Crippen LogP contribution is -2.45. The summed E-state index contributed by atoms with van der Waals surface area (Å²) in [7, 11) is 0. The number of Topliss-reactive ketones (excluding diaryl/α,β-unsaturated/α-hetero) is 1. The zero-order valence-electron chi connectivity index (χ0n) is 15.2. The van der Waals surface area contributed by atoms with E-state index in [9.17, 15) is 9.59 Å². The summed E-state index contributed by atoms with van der Waals surface area (Å²) in [6.07, 6.45) is 7.57. The molecule has 1 saturated heterocycles. The van der Waals surface area contributed by atoms with Crippen molar-refractivity contribution in [3.05, 3.63) is 30.6 Å². The van der Waals surface area contributed by atoms with Crippen molar-refractivity contribution in [2.45, 2.75) is 44.6 Å². The number of ketones is 1. The lowest BCUT2D eigenvalue weighted by Gasteiger charge is -2.34. The second-order valence-electron chi connectivity index (χ2n) is 7.14. The molecule has 8 nitrogen and oxygen atoms in total. The van der Waals surface area contributed by atoms with Crippen LogP contribution in [0.25, 0.3) is 5.82 Å². The summed E-state index contributed by atoms with van der Waals surface area (Å²) in [6, 6.07) is 5.44. The highest BCUT2D eigenvalue weighted by Gasteiger charge is 2.31. The summed E-state index contributed by atoms with van der Waals surface area (Å²) < 4.78 is 7.57. The molecule has 0 unspecified atom stereocenters. The molecular weight excluding hydrogens is 346 g/mol. The third-order valence-corrected chi connectivity index (χ3v) is 5.30. The van der Waals surface area contributed by atoms with Crippen LogP contribution in [-0.2, 0) is 9.59 Å². The first-order valence-electron chi connectivity index (χ1n) is 9.50. The zero-order chi connectivity index (χ0) is 18.6. The number of carbonyl (C=O) groups excluding carboxylic acids is 2. The number of carbonyl (C=O) groups is 2. The number of rotatable bonds is 4. The van der Waals surface area contributed by atoms with Gasteiger partial charge in [-0.05, 0) is 25.0 Å². The third-order valence-electron chi connectivity index (χ3n) is 5.30. The van der Waals surface area contributed by atoms with Gasteiger partial charge in [0.05, 0.1) is 0 Å². The lowest BCUT2D eigenvalue weighted by atomic mass is 9.87. The van der Waals surface area contributed by atoms with E-state index >= 15 is 0 Å². The standard InChI is InChI=1S/C19H23N5O3/c25-15-4-2-14(3-5-15)19(26)23-12-8-16(9-13-23)27-18-7-6-17(21-22-18)24-11-1-10-20-24/h1,6-7,10-11,14,16H,2-5,8-9,12-13H2. The van der Waals surface area contributed by atoms with Crippen LogP contribution in [0.2, 0.25) is 0 Å². The molecule has 3 heterocycles. The van der Waals surface area contributed by atoms with E-state index in [1.54, 1.807) is 23.1 Å². The van der Waals surface area contributed by atoms with Crippen molar-refractivity contribution >= 4 is 11.7 Å². The molecular formula is C19H23N5O3. The average molecular weight is 369 g/mol. The highest BCUT2D eigenvalue weighted by Crippen LogP contribution is 2.25. The molecule has 0 aromatic carbocycles. The van der Waals surface area contributed by atoms with E-state index < -0.39 is 0 Å². The van der Waals surface area contributed by atoms with Crippen LogP contribution in [0.5, 0.6) is 5.88 Å². The van der Waals surface area contributed by atoms with Gasteiger partial charge in [0.2, 0.25) is 11.8 Å². The summed E-state index contributed by atoms with van der Waals surface area (Å²) in [6.45, 7) is 1.37. The average Bonchev–Trinajstić information content (AvgIpc) is 3.24. The summed E-state index contributed by atoms with van der Waals surface area (Å²) in [5.74, 6) is 1.62. The number of ether oxygens (including phenoxy) is 1. The van der Waals surface area contributed by atoms with Gasteiger partial charge in [-0.3, -0.25) is 9.59 Å². The van der Waals surface area contributed by atoms with Crippen LogP contribution < -0.4 is 4.74 Å². The van der Waals surface area contributed by atoms with Crippen LogP contribution in [0.15, 0.2) is 30.6 Å². The second-order valence-corrected chi connectivity index (χ2v) is 7.14. The molecule has 142 valence electrons. The molecule has 0 bridgehead atoms. The number of nitrogens with zero attached hydrogens (tertiary/aromatic N) is 5. The number of hydrogen-bond acceptors (Lipinski definition) is 6. The van der Waals surface area contributed by atoms with Gasteiger partial charge in [-0.2, -0.15) is 5.10 Å². The van der Waals surface area contributed by atoms with Gasteiger partial charge >= 0.3 is 0 Å². The van der Waals surface area contributed by atoms with Gasteiger partial charge in [0.25, 0.3) is 0 Å². The Labute approximate surface area is 157 Å². The van der Waals surface area contributed by atoms with Gasteiger partial charge in [0, 0.05) is 63.2 Å². The van der Waals surface area contributed by atoms with Crippen molar-refractivity contribution in [3.63, 3.8) is 0 Å². The van der Waals surface area contributed by atoms with Crippen LogP contribution in [0.4, 0.5) is 0 Å². The minimum absolute atomic E-state index is 0.0147. The van der Waals surface area contributed by atoms with Crippen molar-refractivity contribution in [1.82, 2.24) is 24.9 Å². The van der Waals surface area contributed by atoms with Crippen LogP contribution >= 0.6 is 0 Å². The molecule has 27 heavy (non-hydrogen) atoms. The number of likely N-dealkylation sites (tertiary alicyclic amines) is 1. The zero-order valence-corrected chi connectivity index (χ0v) is 15.2. The Hall–Kier alpha value is -2.77. The van der Waals surface area contributed by atoms with Gasteiger partial charge in [-0.1, -0.05) is 0 Å². The minimum Gasteiger partial charge on any atom is -0.473 e. The van der Waals surface area contributed by atoms with Crippen molar-refractivity contribution in [2.75, 3.05) is 13.1 Å². The minimum atomic E-state index is 0.0147. The summed E-state index contributed by atoms with van der Waals surface area (Å²) >= 11 is 0. The van der Waals surface area contributed by atoms with Crippen molar-refractivity contribution in [3.8, 4) is 11.7 Å². The first kappa shape index (κ1) is 17.6. The molecule has 0 N–H and O–H groups in total. The molecule has 0 spiro atoms. The maximum atomic E-state index is 12.6. The number of aromatic nitrogens is 4. The topological polar surface area (TPSA) is 90.2 Å². The smallest absolute Gasteiger partial charge is 0.233 e. The van der Waals surface area contributed by atoms with E-state index in [0.29, 0.717) is 50.5 Å². The van der Waals surface area contributed by atoms with Gasteiger partial charge in [-0.15, -0.1) is 10.2 Å².